The van der Waals surface area contributed by atoms with Gasteiger partial charge in [0.2, 0.25) is 0 Å². The van der Waals surface area contributed by atoms with Crippen molar-refractivity contribution in [2.75, 3.05) is 11.5 Å². The van der Waals surface area contributed by atoms with Crippen LogP contribution in [0.1, 0.15) is 12.5 Å². The molecule has 1 fully saturated rings. The summed E-state index contributed by atoms with van der Waals surface area (Å²) in [7, 11) is 0. The van der Waals surface area contributed by atoms with Crippen LogP contribution in [0.15, 0.2) is 18.3 Å². The minimum Gasteiger partial charge on any atom is -0.329 e. The van der Waals surface area contributed by atoms with E-state index in [2.05, 4.69) is 14.5 Å². The topological polar surface area (TPSA) is 33.6 Å². The van der Waals surface area contributed by atoms with Gasteiger partial charge in [-0.15, -0.1) is 0 Å². The number of pyridine rings is 1. The molecule has 15 heavy (non-hydrogen) atoms. The van der Waals surface area contributed by atoms with Crippen LogP contribution in [-0.4, -0.2) is 26.0 Å². The maximum atomic E-state index is 5.35. The second kappa shape index (κ2) is 3.64. The Kier molecular flexibility index (Phi) is 2.29. The summed E-state index contributed by atoms with van der Waals surface area (Å²) < 4.78 is 2.97. The molecule has 0 spiro atoms. The van der Waals surface area contributed by atoms with Crippen molar-refractivity contribution < 1.29 is 0 Å². The van der Waals surface area contributed by atoms with Crippen molar-refractivity contribution in [3.05, 3.63) is 23.1 Å². The lowest BCUT2D eigenvalue weighted by Gasteiger charge is -2.10. The monoisotopic (exact) mass is 237 g/mol. The van der Waals surface area contributed by atoms with Crippen LogP contribution in [0.2, 0.25) is 0 Å². The number of thioether (sulfide) groups is 1. The molecule has 2 aromatic rings. The molecule has 1 unspecified atom stereocenters. The Hall–Kier alpha value is -0.810. The number of hydrogen-bond acceptors (Lipinski definition) is 3. The molecule has 78 valence electrons. The highest BCUT2D eigenvalue weighted by molar-refractivity contribution is 7.99. The summed E-state index contributed by atoms with van der Waals surface area (Å²) in [6.45, 7) is 0. The molecule has 1 aliphatic rings. The quantitative estimate of drug-likeness (QED) is 0.774. The minimum atomic E-state index is 0.520. The zero-order chi connectivity index (χ0) is 10.3. The van der Waals surface area contributed by atoms with Crippen LogP contribution in [-0.2, 0) is 0 Å². The molecular formula is C10H11N3S2. The predicted molar refractivity (Wildman–Crippen MR) is 65.9 cm³/mol. The molecule has 1 N–H and O–H groups in total. The van der Waals surface area contributed by atoms with Crippen LogP contribution in [0.3, 0.4) is 0 Å². The summed E-state index contributed by atoms with van der Waals surface area (Å²) in [5.74, 6) is 2.38. The molecule has 0 aromatic carbocycles. The number of aromatic amines is 1. The van der Waals surface area contributed by atoms with Crippen LogP contribution in [0.25, 0.3) is 11.2 Å². The first-order valence-corrected chi connectivity index (χ1v) is 6.55. The first-order chi connectivity index (χ1) is 7.36. The van der Waals surface area contributed by atoms with Gasteiger partial charge in [0.1, 0.15) is 0 Å². The molecule has 0 amide bonds. The molecule has 0 aliphatic carbocycles. The van der Waals surface area contributed by atoms with E-state index in [9.17, 15) is 0 Å². The first-order valence-electron chi connectivity index (χ1n) is 4.99. The lowest BCUT2D eigenvalue weighted by atomic mass is 10.2. The van der Waals surface area contributed by atoms with Gasteiger partial charge in [-0.1, -0.05) is 0 Å². The van der Waals surface area contributed by atoms with Crippen LogP contribution in [0, 0.1) is 4.77 Å². The third-order valence-corrected chi connectivity index (χ3v) is 4.19. The Morgan fingerprint density at radius 2 is 2.53 bits per heavy atom. The molecule has 3 nitrogen and oxygen atoms in total. The summed E-state index contributed by atoms with van der Waals surface area (Å²) in [5.41, 5.74) is 2.04. The molecule has 5 heteroatoms. The van der Waals surface area contributed by atoms with Crippen LogP contribution >= 0.6 is 24.0 Å². The molecule has 1 atom stereocenters. The van der Waals surface area contributed by atoms with E-state index in [0.717, 1.165) is 21.7 Å². The van der Waals surface area contributed by atoms with Crippen molar-refractivity contribution in [2.24, 2.45) is 0 Å². The summed E-state index contributed by atoms with van der Waals surface area (Å²) in [4.78, 5) is 7.61. The second-order valence-corrected chi connectivity index (χ2v) is 5.23. The Labute approximate surface area is 96.9 Å². The number of nitrogens with zero attached hydrogens (tertiary/aromatic N) is 2. The minimum absolute atomic E-state index is 0.520. The smallest absolute Gasteiger partial charge is 0.179 e. The van der Waals surface area contributed by atoms with E-state index in [1.807, 2.05) is 30.1 Å². The van der Waals surface area contributed by atoms with Crippen LogP contribution in [0.5, 0.6) is 0 Å². The molecule has 1 saturated heterocycles. The van der Waals surface area contributed by atoms with E-state index < -0.39 is 0 Å². The summed E-state index contributed by atoms with van der Waals surface area (Å²) in [6, 6.07) is 4.48. The average Bonchev–Trinajstić information content (AvgIpc) is 2.82. The first kappa shape index (κ1) is 9.42. The van der Waals surface area contributed by atoms with Gasteiger partial charge < -0.3 is 4.98 Å². The molecular weight excluding hydrogens is 226 g/mol. The van der Waals surface area contributed by atoms with Crippen LogP contribution in [0.4, 0.5) is 0 Å². The number of aromatic nitrogens is 3. The van der Waals surface area contributed by atoms with E-state index in [-0.39, 0.29) is 0 Å². The van der Waals surface area contributed by atoms with E-state index in [0.29, 0.717) is 6.04 Å². The standard InChI is InChI=1S/C10H11N3S2/c14-10-12-8-2-1-4-11-9(8)13(10)7-3-5-15-6-7/h1-2,4,7H,3,5-6H2,(H,12,14). The molecule has 0 bridgehead atoms. The Morgan fingerprint density at radius 1 is 1.60 bits per heavy atom. The van der Waals surface area contributed by atoms with E-state index in [1.165, 1.54) is 12.2 Å². The Balaban J connectivity index is 2.23. The van der Waals surface area contributed by atoms with Crippen LogP contribution < -0.4 is 0 Å². The second-order valence-electron chi connectivity index (χ2n) is 3.69. The van der Waals surface area contributed by atoms with Crippen molar-refractivity contribution in [2.45, 2.75) is 12.5 Å². The van der Waals surface area contributed by atoms with Gasteiger partial charge in [-0.2, -0.15) is 11.8 Å². The number of imidazole rings is 1. The molecule has 2 aromatic heterocycles. The number of H-pyrrole nitrogens is 1. The Morgan fingerprint density at radius 3 is 3.33 bits per heavy atom. The van der Waals surface area contributed by atoms with Gasteiger partial charge in [-0.3, -0.25) is 4.57 Å². The highest BCUT2D eigenvalue weighted by Crippen LogP contribution is 2.30. The third kappa shape index (κ3) is 1.50. The highest BCUT2D eigenvalue weighted by atomic mass is 32.2. The molecule has 3 heterocycles. The average molecular weight is 237 g/mol. The fourth-order valence-corrected chi connectivity index (χ4v) is 3.56. The fourth-order valence-electron chi connectivity index (χ4n) is 2.02. The number of rotatable bonds is 1. The summed E-state index contributed by atoms with van der Waals surface area (Å²) >= 11 is 7.34. The molecule has 3 rings (SSSR count). The number of hydrogen-bond donors (Lipinski definition) is 1. The van der Waals surface area contributed by atoms with Gasteiger partial charge in [0, 0.05) is 18.0 Å². The van der Waals surface area contributed by atoms with E-state index in [1.54, 1.807) is 0 Å². The van der Waals surface area contributed by atoms with Crippen molar-refractivity contribution in [3.8, 4) is 0 Å². The summed E-state index contributed by atoms with van der Waals surface area (Å²) in [5, 5.41) is 0. The van der Waals surface area contributed by atoms with Gasteiger partial charge in [0.05, 0.1) is 5.52 Å². The molecule has 0 saturated carbocycles. The zero-order valence-corrected chi connectivity index (χ0v) is 9.77. The highest BCUT2D eigenvalue weighted by Gasteiger charge is 2.20. The summed E-state index contributed by atoms with van der Waals surface area (Å²) in [6.07, 6.45) is 3.02. The van der Waals surface area contributed by atoms with Gasteiger partial charge in [0.15, 0.2) is 10.4 Å². The number of fused-ring (bicyclic) bond motifs is 1. The van der Waals surface area contributed by atoms with Crippen molar-refractivity contribution >= 4 is 35.1 Å². The van der Waals surface area contributed by atoms with Crippen molar-refractivity contribution in [1.29, 1.82) is 0 Å². The maximum absolute atomic E-state index is 5.35. The number of nitrogens with one attached hydrogen (secondary N) is 1. The zero-order valence-electron chi connectivity index (χ0n) is 8.14. The predicted octanol–water partition coefficient (Wildman–Crippen LogP) is 2.77. The lowest BCUT2D eigenvalue weighted by molar-refractivity contribution is 0.565. The molecule has 0 radical (unpaired) electrons. The van der Waals surface area contributed by atoms with Gasteiger partial charge >= 0.3 is 0 Å². The lowest BCUT2D eigenvalue weighted by Crippen LogP contribution is -2.08. The Bertz CT molecular complexity index is 537. The largest absolute Gasteiger partial charge is 0.329 e. The maximum Gasteiger partial charge on any atom is 0.179 e. The van der Waals surface area contributed by atoms with Gasteiger partial charge in [-0.25, -0.2) is 4.98 Å². The van der Waals surface area contributed by atoms with Crippen molar-refractivity contribution in [1.82, 2.24) is 14.5 Å². The SMILES string of the molecule is S=c1[nH]c2cccnc2n1C1CCSC1. The van der Waals surface area contributed by atoms with Gasteiger partial charge in [0.25, 0.3) is 0 Å². The normalized spacial score (nSPS) is 21.2. The fraction of sp³-hybridized carbons (Fsp3) is 0.400. The van der Waals surface area contributed by atoms with E-state index >= 15 is 0 Å². The molecule has 1 aliphatic heterocycles. The van der Waals surface area contributed by atoms with E-state index in [4.69, 9.17) is 12.2 Å². The van der Waals surface area contributed by atoms with Crippen molar-refractivity contribution in [3.63, 3.8) is 0 Å². The third-order valence-electron chi connectivity index (χ3n) is 2.75. The van der Waals surface area contributed by atoms with Gasteiger partial charge in [-0.05, 0) is 36.5 Å².